The molecular formula is C7H8F2N2O2. The summed E-state index contributed by atoms with van der Waals surface area (Å²) in [5.41, 5.74) is -0.734. The van der Waals surface area contributed by atoms with Gasteiger partial charge in [-0.05, 0) is 13.0 Å². The van der Waals surface area contributed by atoms with E-state index in [1.807, 2.05) is 0 Å². The average Bonchev–Trinajstić information content (AvgIpc) is 2.51. The van der Waals surface area contributed by atoms with Crippen LogP contribution in [-0.2, 0) is 17.3 Å². The van der Waals surface area contributed by atoms with Gasteiger partial charge in [-0.2, -0.15) is 13.9 Å². The number of alkyl halides is 2. The Hall–Kier alpha value is -1.46. The molecule has 1 aromatic heterocycles. The predicted octanol–water partition coefficient (Wildman–Crippen LogP) is 1.08. The molecule has 13 heavy (non-hydrogen) atoms. The monoisotopic (exact) mass is 190 g/mol. The number of hydrogen-bond donors (Lipinski definition) is 1. The number of aliphatic carboxylic acids is 1. The van der Waals surface area contributed by atoms with Gasteiger partial charge in [-0.1, -0.05) is 0 Å². The maximum Gasteiger partial charge on any atom is 0.385 e. The van der Waals surface area contributed by atoms with Gasteiger partial charge in [-0.3, -0.25) is 4.68 Å². The van der Waals surface area contributed by atoms with Gasteiger partial charge in [0.25, 0.3) is 0 Å². The molecule has 0 fully saturated rings. The van der Waals surface area contributed by atoms with Gasteiger partial charge >= 0.3 is 11.9 Å². The Morgan fingerprint density at radius 2 is 2.38 bits per heavy atom. The van der Waals surface area contributed by atoms with Crippen LogP contribution in [0.1, 0.15) is 12.6 Å². The van der Waals surface area contributed by atoms with Crippen LogP contribution < -0.4 is 0 Å². The van der Waals surface area contributed by atoms with Crippen molar-refractivity contribution in [1.29, 1.82) is 0 Å². The molecule has 1 heterocycles. The summed E-state index contributed by atoms with van der Waals surface area (Å²) in [5.74, 6) is -6.09. The minimum absolute atomic E-state index is 0.426. The number of carboxylic acids is 1. The molecule has 0 aromatic carbocycles. The van der Waals surface area contributed by atoms with Crippen molar-refractivity contribution in [2.45, 2.75) is 19.4 Å². The first-order valence-electron chi connectivity index (χ1n) is 3.63. The molecule has 0 saturated heterocycles. The van der Waals surface area contributed by atoms with Crippen LogP contribution in [0.25, 0.3) is 0 Å². The normalized spacial score (nSPS) is 11.6. The minimum Gasteiger partial charge on any atom is -0.476 e. The standard InChI is InChI=1S/C7H8F2N2O2/c1-2-11-4-3-5(10-11)7(8,9)6(12)13/h3-4H,2H2,1H3,(H,12,13). The van der Waals surface area contributed by atoms with E-state index < -0.39 is 17.6 Å². The number of aromatic nitrogens is 2. The molecule has 1 aromatic rings. The lowest BCUT2D eigenvalue weighted by molar-refractivity contribution is -0.167. The zero-order chi connectivity index (χ0) is 10.1. The Morgan fingerprint density at radius 1 is 1.77 bits per heavy atom. The smallest absolute Gasteiger partial charge is 0.385 e. The second-order valence-corrected chi connectivity index (χ2v) is 2.44. The van der Waals surface area contributed by atoms with E-state index in [0.717, 1.165) is 6.07 Å². The molecule has 4 nitrogen and oxygen atoms in total. The van der Waals surface area contributed by atoms with E-state index in [2.05, 4.69) is 5.10 Å². The topological polar surface area (TPSA) is 55.1 Å². The molecule has 0 aliphatic heterocycles. The molecule has 0 aliphatic carbocycles. The van der Waals surface area contributed by atoms with Crippen molar-refractivity contribution in [3.63, 3.8) is 0 Å². The Balaban J connectivity index is 3.00. The number of aryl methyl sites for hydroxylation is 1. The fourth-order valence-corrected chi connectivity index (χ4v) is 0.815. The Labute approximate surface area is 72.8 Å². The van der Waals surface area contributed by atoms with Crippen LogP contribution >= 0.6 is 0 Å². The lowest BCUT2D eigenvalue weighted by Crippen LogP contribution is -2.26. The van der Waals surface area contributed by atoms with Crippen LogP contribution in [0.4, 0.5) is 8.78 Å². The molecular weight excluding hydrogens is 182 g/mol. The van der Waals surface area contributed by atoms with Crippen LogP contribution in [0.5, 0.6) is 0 Å². The third-order valence-electron chi connectivity index (χ3n) is 1.55. The summed E-state index contributed by atoms with van der Waals surface area (Å²) in [6, 6.07) is 0.998. The van der Waals surface area contributed by atoms with Crippen LogP contribution in [-0.4, -0.2) is 20.9 Å². The van der Waals surface area contributed by atoms with Gasteiger partial charge in [0.15, 0.2) is 0 Å². The highest BCUT2D eigenvalue weighted by molar-refractivity contribution is 5.76. The number of halogens is 2. The second kappa shape index (κ2) is 3.12. The summed E-state index contributed by atoms with van der Waals surface area (Å²) in [6.45, 7) is 2.14. The van der Waals surface area contributed by atoms with Crippen molar-refractivity contribution < 1.29 is 18.7 Å². The summed E-state index contributed by atoms with van der Waals surface area (Å²) in [6.07, 6.45) is 1.31. The number of carboxylic acid groups (broad SMARTS) is 1. The van der Waals surface area contributed by atoms with Crippen molar-refractivity contribution in [1.82, 2.24) is 9.78 Å². The van der Waals surface area contributed by atoms with Crippen LogP contribution in [0.3, 0.4) is 0 Å². The molecule has 0 radical (unpaired) electrons. The lowest BCUT2D eigenvalue weighted by Gasteiger charge is -2.06. The maximum atomic E-state index is 12.8. The van der Waals surface area contributed by atoms with Crippen molar-refractivity contribution in [3.05, 3.63) is 18.0 Å². The molecule has 0 atom stereocenters. The van der Waals surface area contributed by atoms with Gasteiger partial charge in [0.05, 0.1) is 0 Å². The van der Waals surface area contributed by atoms with Gasteiger partial charge in [0.1, 0.15) is 5.69 Å². The number of nitrogens with zero attached hydrogens (tertiary/aromatic N) is 2. The highest BCUT2D eigenvalue weighted by atomic mass is 19.3. The van der Waals surface area contributed by atoms with E-state index in [1.54, 1.807) is 6.92 Å². The fourth-order valence-electron chi connectivity index (χ4n) is 0.815. The van der Waals surface area contributed by atoms with Gasteiger partial charge in [-0.15, -0.1) is 0 Å². The molecule has 0 saturated carbocycles. The predicted molar refractivity (Wildman–Crippen MR) is 39.4 cm³/mol. The summed E-state index contributed by atoms with van der Waals surface area (Å²) in [4.78, 5) is 10.1. The lowest BCUT2D eigenvalue weighted by atomic mass is 10.2. The van der Waals surface area contributed by atoms with Gasteiger partial charge < -0.3 is 5.11 Å². The first kappa shape index (κ1) is 9.63. The van der Waals surface area contributed by atoms with E-state index in [9.17, 15) is 13.6 Å². The Bertz CT molecular complexity index is 322. The first-order valence-corrected chi connectivity index (χ1v) is 3.63. The van der Waals surface area contributed by atoms with E-state index in [0.29, 0.717) is 6.54 Å². The Morgan fingerprint density at radius 3 is 2.77 bits per heavy atom. The number of carbonyl (C=O) groups is 1. The molecule has 0 aliphatic rings. The van der Waals surface area contributed by atoms with E-state index >= 15 is 0 Å². The molecule has 1 N–H and O–H groups in total. The van der Waals surface area contributed by atoms with Gasteiger partial charge in [0, 0.05) is 12.7 Å². The van der Waals surface area contributed by atoms with Crippen molar-refractivity contribution in [2.75, 3.05) is 0 Å². The largest absolute Gasteiger partial charge is 0.476 e. The molecule has 0 bridgehead atoms. The van der Waals surface area contributed by atoms with Crippen molar-refractivity contribution >= 4 is 5.97 Å². The van der Waals surface area contributed by atoms with E-state index in [1.165, 1.54) is 10.9 Å². The Kier molecular flexibility index (Phi) is 2.31. The molecule has 72 valence electrons. The minimum atomic E-state index is -3.90. The molecule has 0 amide bonds. The third-order valence-corrected chi connectivity index (χ3v) is 1.55. The number of rotatable bonds is 3. The van der Waals surface area contributed by atoms with Gasteiger partial charge in [0.2, 0.25) is 0 Å². The zero-order valence-corrected chi connectivity index (χ0v) is 6.87. The number of hydrogen-bond acceptors (Lipinski definition) is 2. The highest BCUT2D eigenvalue weighted by Gasteiger charge is 2.43. The molecule has 0 spiro atoms. The van der Waals surface area contributed by atoms with Crippen LogP contribution in [0, 0.1) is 0 Å². The van der Waals surface area contributed by atoms with E-state index in [4.69, 9.17) is 5.11 Å². The van der Waals surface area contributed by atoms with Crippen molar-refractivity contribution in [2.24, 2.45) is 0 Å². The van der Waals surface area contributed by atoms with Crippen LogP contribution in [0.2, 0.25) is 0 Å². The van der Waals surface area contributed by atoms with Gasteiger partial charge in [-0.25, -0.2) is 4.79 Å². The van der Waals surface area contributed by atoms with Crippen molar-refractivity contribution in [3.8, 4) is 0 Å². The summed E-state index contributed by atoms with van der Waals surface area (Å²) < 4.78 is 26.7. The first-order chi connectivity index (χ1) is 5.98. The maximum absolute atomic E-state index is 12.8. The summed E-state index contributed by atoms with van der Waals surface area (Å²) in [7, 11) is 0. The summed E-state index contributed by atoms with van der Waals surface area (Å²) in [5, 5.41) is 11.6. The van der Waals surface area contributed by atoms with Crippen LogP contribution in [0.15, 0.2) is 12.3 Å². The summed E-state index contributed by atoms with van der Waals surface area (Å²) >= 11 is 0. The SMILES string of the molecule is CCn1ccc(C(F)(F)C(=O)O)n1. The van der Waals surface area contributed by atoms with E-state index in [-0.39, 0.29) is 0 Å². The molecule has 1 rings (SSSR count). The second-order valence-electron chi connectivity index (χ2n) is 2.44. The quantitative estimate of drug-likeness (QED) is 0.775. The fraction of sp³-hybridized carbons (Fsp3) is 0.429. The highest BCUT2D eigenvalue weighted by Crippen LogP contribution is 2.26. The third kappa shape index (κ3) is 1.66. The molecule has 6 heteroatoms. The zero-order valence-electron chi connectivity index (χ0n) is 6.87. The average molecular weight is 190 g/mol. The molecule has 0 unspecified atom stereocenters.